The Hall–Kier alpha value is -2.64. The number of hydrogen-bond donors (Lipinski definition) is 2. The molecular formula is C16H23N7O. The SMILES string of the molecule is Cn1cnnc1[C@H]1CCCN(C(=O)NCCNc2ccccn2)C1. The molecule has 128 valence electrons. The van der Waals surface area contributed by atoms with Gasteiger partial charge in [0, 0.05) is 45.3 Å². The zero-order valence-electron chi connectivity index (χ0n) is 13.9. The van der Waals surface area contributed by atoms with Crippen LogP contribution in [0.25, 0.3) is 0 Å². The maximum absolute atomic E-state index is 12.3. The molecule has 2 aromatic heterocycles. The number of rotatable bonds is 5. The van der Waals surface area contributed by atoms with Gasteiger partial charge in [0.15, 0.2) is 0 Å². The van der Waals surface area contributed by atoms with Crippen molar-refractivity contribution in [3.05, 3.63) is 36.5 Å². The molecule has 0 unspecified atom stereocenters. The largest absolute Gasteiger partial charge is 0.368 e. The standard InChI is InChI=1S/C16H23N7O/c1-22-12-20-21-15(22)13-5-4-10-23(11-13)16(24)19-9-8-18-14-6-2-3-7-17-14/h2-3,6-7,12-13H,4-5,8-11H2,1H3,(H,17,18)(H,19,24)/t13-/m0/s1. The lowest BCUT2D eigenvalue weighted by Gasteiger charge is -2.32. The highest BCUT2D eigenvalue weighted by Gasteiger charge is 2.27. The number of urea groups is 1. The Morgan fingerprint density at radius 1 is 1.38 bits per heavy atom. The van der Waals surface area contributed by atoms with Gasteiger partial charge in [0.2, 0.25) is 0 Å². The van der Waals surface area contributed by atoms with Gasteiger partial charge in [-0.3, -0.25) is 0 Å². The van der Waals surface area contributed by atoms with E-state index in [1.807, 2.05) is 34.7 Å². The normalized spacial score (nSPS) is 17.5. The molecule has 1 aliphatic heterocycles. The van der Waals surface area contributed by atoms with Gasteiger partial charge in [-0.05, 0) is 25.0 Å². The van der Waals surface area contributed by atoms with E-state index in [1.54, 1.807) is 12.5 Å². The van der Waals surface area contributed by atoms with Gasteiger partial charge < -0.3 is 20.1 Å². The highest BCUT2D eigenvalue weighted by Crippen LogP contribution is 2.24. The number of amides is 2. The lowest BCUT2D eigenvalue weighted by Crippen LogP contribution is -2.46. The van der Waals surface area contributed by atoms with E-state index in [9.17, 15) is 4.79 Å². The van der Waals surface area contributed by atoms with Crippen LogP contribution in [0.3, 0.4) is 0 Å². The Morgan fingerprint density at radius 2 is 2.29 bits per heavy atom. The van der Waals surface area contributed by atoms with Crippen molar-refractivity contribution in [3.63, 3.8) is 0 Å². The minimum Gasteiger partial charge on any atom is -0.368 e. The first-order valence-corrected chi connectivity index (χ1v) is 8.25. The number of aromatic nitrogens is 4. The average molecular weight is 329 g/mol. The lowest BCUT2D eigenvalue weighted by molar-refractivity contribution is 0.178. The van der Waals surface area contributed by atoms with Crippen LogP contribution in [0.4, 0.5) is 10.6 Å². The molecule has 0 saturated carbocycles. The first-order chi connectivity index (χ1) is 11.7. The van der Waals surface area contributed by atoms with Gasteiger partial charge >= 0.3 is 6.03 Å². The molecule has 8 nitrogen and oxygen atoms in total. The molecule has 8 heteroatoms. The molecular weight excluding hydrogens is 306 g/mol. The molecule has 2 N–H and O–H groups in total. The second kappa shape index (κ2) is 7.76. The van der Waals surface area contributed by atoms with Crippen LogP contribution in [0.15, 0.2) is 30.7 Å². The number of hydrogen-bond acceptors (Lipinski definition) is 5. The maximum Gasteiger partial charge on any atom is 0.317 e. The summed E-state index contributed by atoms with van der Waals surface area (Å²) < 4.78 is 1.93. The molecule has 24 heavy (non-hydrogen) atoms. The fourth-order valence-corrected chi connectivity index (χ4v) is 2.97. The number of carbonyl (C=O) groups excluding carboxylic acids is 1. The van der Waals surface area contributed by atoms with E-state index in [-0.39, 0.29) is 11.9 Å². The molecule has 1 aliphatic rings. The molecule has 1 fully saturated rings. The summed E-state index contributed by atoms with van der Waals surface area (Å²) in [6.07, 6.45) is 5.47. The van der Waals surface area contributed by atoms with Crippen molar-refractivity contribution in [1.29, 1.82) is 0 Å². The third kappa shape index (κ3) is 4.01. The van der Waals surface area contributed by atoms with Gasteiger partial charge in [0.1, 0.15) is 18.0 Å². The number of likely N-dealkylation sites (tertiary alicyclic amines) is 1. The van der Waals surface area contributed by atoms with Crippen LogP contribution in [0, 0.1) is 0 Å². The van der Waals surface area contributed by atoms with Gasteiger partial charge in [-0.1, -0.05) is 6.07 Å². The molecule has 3 heterocycles. The first-order valence-electron chi connectivity index (χ1n) is 8.25. The second-order valence-electron chi connectivity index (χ2n) is 5.96. The highest BCUT2D eigenvalue weighted by molar-refractivity contribution is 5.74. The summed E-state index contributed by atoms with van der Waals surface area (Å²) in [4.78, 5) is 18.4. The molecule has 0 bridgehead atoms. The summed E-state index contributed by atoms with van der Waals surface area (Å²) >= 11 is 0. The van der Waals surface area contributed by atoms with Crippen LogP contribution < -0.4 is 10.6 Å². The highest BCUT2D eigenvalue weighted by atomic mass is 16.2. The summed E-state index contributed by atoms with van der Waals surface area (Å²) in [5.74, 6) is 2.01. The topological polar surface area (TPSA) is 88.0 Å². The first kappa shape index (κ1) is 16.2. The summed E-state index contributed by atoms with van der Waals surface area (Å²) in [5, 5.41) is 14.2. The number of pyridine rings is 1. The number of aryl methyl sites for hydroxylation is 1. The molecule has 2 aromatic rings. The van der Waals surface area contributed by atoms with Crippen molar-refractivity contribution in [1.82, 2.24) is 30.0 Å². The Balaban J connectivity index is 1.44. The fraction of sp³-hybridized carbons (Fsp3) is 0.500. The van der Waals surface area contributed by atoms with E-state index < -0.39 is 0 Å². The van der Waals surface area contributed by atoms with Gasteiger partial charge in [0.05, 0.1) is 0 Å². The van der Waals surface area contributed by atoms with Crippen LogP contribution in [-0.4, -0.2) is 56.9 Å². The van der Waals surface area contributed by atoms with Crippen LogP contribution in [-0.2, 0) is 7.05 Å². The fourth-order valence-electron chi connectivity index (χ4n) is 2.97. The third-order valence-corrected chi connectivity index (χ3v) is 4.19. The van der Waals surface area contributed by atoms with Crippen LogP contribution in [0.1, 0.15) is 24.6 Å². The second-order valence-corrected chi connectivity index (χ2v) is 5.96. The predicted octanol–water partition coefficient (Wildman–Crippen LogP) is 1.21. The lowest BCUT2D eigenvalue weighted by atomic mass is 9.97. The number of anilines is 1. The zero-order valence-corrected chi connectivity index (χ0v) is 13.9. The average Bonchev–Trinajstić information content (AvgIpc) is 3.05. The summed E-state index contributed by atoms with van der Waals surface area (Å²) in [6.45, 7) is 2.67. The molecule has 2 amide bonds. The van der Waals surface area contributed by atoms with Crippen molar-refractivity contribution in [2.45, 2.75) is 18.8 Å². The van der Waals surface area contributed by atoms with E-state index in [4.69, 9.17) is 0 Å². The molecule has 0 aliphatic carbocycles. The van der Waals surface area contributed by atoms with Crippen molar-refractivity contribution in [3.8, 4) is 0 Å². The monoisotopic (exact) mass is 329 g/mol. The van der Waals surface area contributed by atoms with Crippen molar-refractivity contribution in [2.75, 3.05) is 31.5 Å². The van der Waals surface area contributed by atoms with Crippen molar-refractivity contribution < 1.29 is 4.79 Å². The Kier molecular flexibility index (Phi) is 5.25. The molecule has 0 spiro atoms. The van der Waals surface area contributed by atoms with Crippen molar-refractivity contribution >= 4 is 11.8 Å². The third-order valence-electron chi connectivity index (χ3n) is 4.19. The van der Waals surface area contributed by atoms with E-state index in [1.165, 1.54) is 0 Å². The van der Waals surface area contributed by atoms with Crippen LogP contribution >= 0.6 is 0 Å². The minimum atomic E-state index is -0.0234. The Bertz CT molecular complexity index is 657. The smallest absolute Gasteiger partial charge is 0.317 e. The zero-order chi connectivity index (χ0) is 16.8. The number of nitrogens with one attached hydrogen (secondary N) is 2. The minimum absolute atomic E-state index is 0.0234. The summed E-state index contributed by atoms with van der Waals surface area (Å²) in [7, 11) is 1.94. The van der Waals surface area contributed by atoms with Gasteiger partial charge in [-0.2, -0.15) is 0 Å². The van der Waals surface area contributed by atoms with Crippen molar-refractivity contribution in [2.24, 2.45) is 7.05 Å². The quantitative estimate of drug-likeness (QED) is 0.805. The van der Waals surface area contributed by atoms with E-state index in [0.29, 0.717) is 19.6 Å². The number of carbonyl (C=O) groups is 1. The maximum atomic E-state index is 12.3. The molecule has 1 atom stereocenters. The van der Waals surface area contributed by atoms with Gasteiger partial charge in [0.25, 0.3) is 0 Å². The molecule has 0 radical (unpaired) electrons. The number of piperidine rings is 1. The van der Waals surface area contributed by atoms with E-state index in [0.717, 1.165) is 31.0 Å². The molecule has 0 aromatic carbocycles. The Labute approximate surface area is 141 Å². The van der Waals surface area contributed by atoms with E-state index >= 15 is 0 Å². The number of nitrogens with zero attached hydrogens (tertiary/aromatic N) is 5. The summed E-state index contributed by atoms with van der Waals surface area (Å²) in [6, 6.07) is 5.67. The van der Waals surface area contributed by atoms with Gasteiger partial charge in [-0.25, -0.2) is 9.78 Å². The summed E-state index contributed by atoms with van der Waals surface area (Å²) in [5.41, 5.74) is 0. The van der Waals surface area contributed by atoms with Crippen LogP contribution in [0.2, 0.25) is 0 Å². The van der Waals surface area contributed by atoms with Crippen LogP contribution in [0.5, 0.6) is 0 Å². The predicted molar refractivity (Wildman–Crippen MR) is 90.7 cm³/mol. The Morgan fingerprint density at radius 3 is 3.04 bits per heavy atom. The molecule has 3 rings (SSSR count). The van der Waals surface area contributed by atoms with Gasteiger partial charge in [-0.15, -0.1) is 10.2 Å². The molecule has 1 saturated heterocycles. The van der Waals surface area contributed by atoms with E-state index in [2.05, 4.69) is 25.8 Å².